The van der Waals surface area contributed by atoms with E-state index in [1.165, 1.54) is 6.08 Å². The van der Waals surface area contributed by atoms with Crippen molar-refractivity contribution < 1.29 is 4.79 Å². The molecule has 0 unspecified atom stereocenters. The zero-order valence-corrected chi connectivity index (χ0v) is 11.8. The maximum atomic E-state index is 11.8. The van der Waals surface area contributed by atoms with Gasteiger partial charge in [-0.3, -0.25) is 9.78 Å². The molecule has 2 aromatic rings. The average Bonchev–Trinajstić information content (AvgIpc) is 2.43. The van der Waals surface area contributed by atoms with Crippen molar-refractivity contribution >= 4 is 46.6 Å². The predicted molar refractivity (Wildman–Crippen MR) is 82.8 cm³/mol. The van der Waals surface area contributed by atoms with E-state index in [2.05, 4.69) is 10.3 Å². The van der Waals surface area contributed by atoms with Gasteiger partial charge in [-0.25, -0.2) is 0 Å². The summed E-state index contributed by atoms with van der Waals surface area (Å²) in [5, 5.41) is 3.24. The number of carbonyl (C=O) groups excluding carboxylic acids is 1. The molecular formula is C14H11Cl2N3O. The van der Waals surface area contributed by atoms with Gasteiger partial charge in [-0.05, 0) is 29.8 Å². The summed E-state index contributed by atoms with van der Waals surface area (Å²) in [5.74, 6) is -0.300. The van der Waals surface area contributed by atoms with E-state index < -0.39 is 0 Å². The molecule has 1 aromatic carbocycles. The minimum Gasteiger partial charge on any atom is -0.396 e. The van der Waals surface area contributed by atoms with E-state index in [0.29, 0.717) is 15.7 Å². The van der Waals surface area contributed by atoms with Crippen molar-refractivity contribution in [2.24, 2.45) is 0 Å². The molecule has 2 rings (SSSR count). The molecule has 1 heterocycles. The Balaban J connectivity index is 2.07. The minimum absolute atomic E-state index is 0.289. The molecule has 20 heavy (non-hydrogen) atoms. The van der Waals surface area contributed by atoms with Crippen molar-refractivity contribution in [2.75, 3.05) is 11.1 Å². The van der Waals surface area contributed by atoms with Gasteiger partial charge in [0.1, 0.15) is 0 Å². The number of carbonyl (C=O) groups is 1. The van der Waals surface area contributed by atoms with Crippen LogP contribution in [-0.4, -0.2) is 10.9 Å². The summed E-state index contributed by atoms with van der Waals surface area (Å²) in [6, 6.07) is 6.71. The molecule has 1 amide bonds. The number of hydrogen-bond acceptors (Lipinski definition) is 3. The maximum absolute atomic E-state index is 11.8. The summed E-state index contributed by atoms with van der Waals surface area (Å²) in [5.41, 5.74) is 7.22. The predicted octanol–water partition coefficient (Wildman–Crippen LogP) is 3.62. The number of benzene rings is 1. The van der Waals surface area contributed by atoms with E-state index in [1.54, 1.807) is 36.7 Å². The molecule has 0 bridgehead atoms. The summed E-state index contributed by atoms with van der Waals surface area (Å²) >= 11 is 11.8. The van der Waals surface area contributed by atoms with Crippen LogP contribution in [0.3, 0.4) is 0 Å². The van der Waals surface area contributed by atoms with Crippen LogP contribution in [0.2, 0.25) is 10.0 Å². The van der Waals surface area contributed by atoms with E-state index >= 15 is 0 Å². The number of nitrogens with one attached hydrogen (secondary N) is 1. The van der Waals surface area contributed by atoms with Crippen LogP contribution in [0.1, 0.15) is 5.56 Å². The van der Waals surface area contributed by atoms with Gasteiger partial charge < -0.3 is 11.1 Å². The number of hydrogen-bond donors (Lipinski definition) is 2. The highest BCUT2D eigenvalue weighted by atomic mass is 35.5. The Hall–Kier alpha value is -2.04. The first-order valence-corrected chi connectivity index (χ1v) is 6.45. The van der Waals surface area contributed by atoms with E-state index in [1.807, 2.05) is 6.07 Å². The molecule has 0 radical (unpaired) electrons. The second kappa shape index (κ2) is 6.41. The van der Waals surface area contributed by atoms with Crippen LogP contribution in [0.15, 0.2) is 42.7 Å². The maximum Gasteiger partial charge on any atom is 0.248 e. The summed E-state index contributed by atoms with van der Waals surface area (Å²) in [4.78, 5) is 15.7. The van der Waals surface area contributed by atoms with Crippen LogP contribution >= 0.6 is 23.2 Å². The lowest BCUT2D eigenvalue weighted by atomic mass is 10.2. The largest absolute Gasteiger partial charge is 0.396 e. The van der Waals surface area contributed by atoms with E-state index in [0.717, 1.165) is 5.56 Å². The second-order valence-corrected chi connectivity index (χ2v) is 4.78. The first kappa shape index (κ1) is 14.4. The molecule has 4 nitrogen and oxygen atoms in total. The summed E-state index contributed by atoms with van der Waals surface area (Å²) in [6.07, 6.45) is 6.37. The first-order chi connectivity index (χ1) is 9.56. The second-order valence-electron chi connectivity index (χ2n) is 3.96. The number of pyridine rings is 1. The molecule has 0 atom stereocenters. The average molecular weight is 308 g/mol. The number of halogens is 2. The Morgan fingerprint density at radius 1 is 1.30 bits per heavy atom. The van der Waals surface area contributed by atoms with Crippen LogP contribution in [0.4, 0.5) is 11.4 Å². The Morgan fingerprint density at radius 2 is 2.00 bits per heavy atom. The fraction of sp³-hybridized carbons (Fsp3) is 0. The molecule has 0 aliphatic heterocycles. The lowest BCUT2D eigenvalue weighted by molar-refractivity contribution is -0.111. The van der Waals surface area contributed by atoms with Gasteiger partial charge in [0.15, 0.2) is 0 Å². The number of nitrogen functional groups attached to an aromatic ring is 1. The van der Waals surface area contributed by atoms with Crippen molar-refractivity contribution in [1.29, 1.82) is 0 Å². The van der Waals surface area contributed by atoms with E-state index in [9.17, 15) is 4.79 Å². The molecule has 0 spiro atoms. The van der Waals surface area contributed by atoms with Crippen molar-refractivity contribution in [3.63, 3.8) is 0 Å². The third-order valence-electron chi connectivity index (χ3n) is 2.46. The Kier molecular flexibility index (Phi) is 4.61. The quantitative estimate of drug-likeness (QED) is 0.672. The summed E-state index contributed by atoms with van der Waals surface area (Å²) in [6.45, 7) is 0. The first-order valence-electron chi connectivity index (χ1n) is 5.70. The van der Waals surface area contributed by atoms with Gasteiger partial charge in [0.25, 0.3) is 0 Å². The number of rotatable bonds is 3. The standard InChI is InChI=1S/C14H11Cl2N3O/c15-11-6-10(7-12(16)14(11)17)19-13(20)4-3-9-2-1-5-18-8-9/h1-8H,17H2,(H,19,20)/b4-3+. The molecule has 0 aliphatic carbocycles. The lowest BCUT2D eigenvalue weighted by Crippen LogP contribution is -2.08. The van der Waals surface area contributed by atoms with Crippen molar-refractivity contribution in [3.05, 3.63) is 58.3 Å². The molecule has 6 heteroatoms. The van der Waals surface area contributed by atoms with Crippen LogP contribution in [-0.2, 0) is 4.79 Å². The molecule has 0 saturated heterocycles. The molecule has 3 N–H and O–H groups in total. The van der Waals surface area contributed by atoms with Gasteiger partial charge in [-0.2, -0.15) is 0 Å². The van der Waals surface area contributed by atoms with Gasteiger partial charge in [0, 0.05) is 24.2 Å². The van der Waals surface area contributed by atoms with Crippen LogP contribution in [0.25, 0.3) is 6.08 Å². The van der Waals surface area contributed by atoms with Crippen molar-refractivity contribution in [1.82, 2.24) is 4.98 Å². The molecule has 102 valence electrons. The van der Waals surface area contributed by atoms with Crippen LogP contribution in [0, 0.1) is 0 Å². The van der Waals surface area contributed by atoms with Gasteiger partial charge in [-0.1, -0.05) is 29.3 Å². The fourth-order valence-electron chi connectivity index (χ4n) is 1.49. The highest BCUT2D eigenvalue weighted by Gasteiger charge is 2.06. The third kappa shape index (κ3) is 3.73. The SMILES string of the molecule is Nc1c(Cl)cc(NC(=O)/C=C/c2cccnc2)cc1Cl. The zero-order chi connectivity index (χ0) is 14.5. The Morgan fingerprint density at radius 3 is 2.60 bits per heavy atom. The number of nitrogens with two attached hydrogens (primary N) is 1. The third-order valence-corrected chi connectivity index (χ3v) is 3.08. The van der Waals surface area contributed by atoms with Gasteiger partial charge in [0.2, 0.25) is 5.91 Å². The Labute approximate surface area is 126 Å². The number of aromatic nitrogens is 1. The van der Waals surface area contributed by atoms with Crippen molar-refractivity contribution in [2.45, 2.75) is 0 Å². The Bertz CT molecular complexity index is 634. The van der Waals surface area contributed by atoms with Crippen LogP contribution in [0.5, 0.6) is 0 Å². The number of amides is 1. The lowest BCUT2D eigenvalue weighted by Gasteiger charge is -2.06. The van der Waals surface area contributed by atoms with Gasteiger partial charge in [-0.15, -0.1) is 0 Å². The fourth-order valence-corrected chi connectivity index (χ4v) is 1.97. The minimum atomic E-state index is -0.300. The highest BCUT2D eigenvalue weighted by molar-refractivity contribution is 6.39. The van der Waals surface area contributed by atoms with Gasteiger partial charge >= 0.3 is 0 Å². The van der Waals surface area contributed by atoms with Crippen LogP contribution < -0.4 is 11.1 Å². The zero-order valence-electron chi connectivity index (χ0n) is 10.3. The smallest absolute Gasteiger partial charge is 0.248 e. The number of nitrogens with zero attached hydrogens (tertiary/aromatic N) is 1. The normalized spacial score (nSPS) is 10.7. The molecule has 1 aromatic heterocycles. The number of anilines is 2. The van der Waals surface area contributed by atoms with Gasteiger partial charge in [0.05, 0.1) is 15.7 Å². The summed E-state index contributed by atoms with van der Waals surface area (Å²) in [7, 11) is 0. The molecule has 0 fully saturated rings. The topological polar surface area (TPSA) is 68.0 Å². The van der Waals surface area contributed by atoms with E-state index in [4.69, 9.17) is 28.9 Å². The summed E-state index contributed by atoms with van der Waals surface area (Å²) < 4.78 is 0. The monoisotopic (exact) mass is 307 g/mol. The van der Waals surface area contributed by atoms with Crippen molar-refractivity contribution in [3.8, 4) is 0 Å². The molecule has 0 saturated carbocycles. The van der Waals surface area contributed by atoms with E-state index in [-0.39, 0.29) is 11.6 Å². The molecule has 0 aliphatic rings. The molecular weight excluding hydrogens is 297 g/mol. The highest BCUT2D eigenvalue weighted by Crippen LogP contribution is 2.31.